The van der Waals surface area contributed by atoms with Crippen LogP contribution in [0.3, 0.4) is 0 Å². The van der Waals surface area contributed by atoms with Gasteiger partial charge in [0, 0.05) is 12.6 Å². The molecular weight excluding hydrogens is 254 g/mol. The molecule has 110 valence electrons. The summed E-state index contributed by atoms with van der Waals surface area (Å²) in [6.07, 6.45) is 1.11. The fourth-order valence-corrected chi connectivity index (χ4v) is 3.23. The molecule has 0 aliphatic carbocycles. The Balaban J connectivity index is 1.88. The van der Waals surface area contributed by atoms with Gasteiger partial charge in [0.05, 0.1) is 0 Å². The quantitative estimate of drug-likeness (QED) is 0.730. The number of rotatable bonds is 1. The van der Waals surface area contributed by atoms with E-state index in [1.54, 1.807) is 0 Å². The van der Waals surface area contributed by atoms with Crippen molar-refractivity contribution in [3.63, 3.8) is 0 Å². The fraction of sp³-hybridized carbons (Fsp3) is 0.400. The van der Waals surface area contributed by atoms with Crippen molar-refractivity contribution < 1.29 is 0 Å². The molecule has 1 heteroatoms. The minimum atomic E-state index is 0.226. The third-order valence-electron chi connectivity index (χ3n) is 4.64. The van der Waals surface area contributed by atoms with Crippen molar-refractivity contribution >= 4 is 0 Å². The van der Waals surface area contributed by atoms with E-state index in [-0.39, 0.29) is 5.41 Å². The van der Waals surface area contributed by atoms with E-state index < -0.39 is 0 Å². The lowest BCUT2D eigenvalue weighted by atomic mass is 9.85. The van der Waals surface area contributed by atoms with Crippen LogP contribution in [-0.2, 0) is 18.4 Å². The Bertz CT molecular complexity index is 619. The SMILES string of the molecule is CN1Cc2ccccc2CC1c1ccc(C(C)(C)C)cc1. The molecule has 0 bridgehead atoms. The van der Waals surface area contributed by atoms with E-state index in [1.165, 1.54) is 22.3 Å². The maximum atomic E-state index is 2.47. The second-order valence-electron chi connectivity index (χ2n) is 7.28. The largest absolute Gasteiger partial charge is 0.295 e. The summed E-state index contributed by atoms with van der Waals surface area (Å²) in [5.74, 6) is 0. The molecule has 0 fully saturated rings. The molecule has 0 saturated carbocycles. The first kappa shape index (κ1) is 14.3. The van der Waals surface area contributed by atoms with Crippen LogP contribution in [0.15, 0.2) is 48.5 Å². The molecule has 1 heterocycles. The number of likely N-dealkylation sites (N-methyl/N-ethyl adjacent to an activating group) is 1. The summed E-state index contributed by atoms with van der Waals surface area (Å²) in [4.78, 5) is 2.47. The van der Waals surface area contributed by atoms with E-state index in [4.69, 9.17) is 0 Å². The number of hydrogen-bond acceptors (Lipinski definition) is 1. The minimum absolute atomic E-state index is 0.226. The summed E-state index contributed by atoms with van der Waals surface area (Å²) in [5.41, 5.74) is 6.04. The molecule has 0 N–H and O–H groups in total. The smallest absolute Gasteiger partial charge is 0.0389 e. The molecule has 1 nitrogen and oxygen atoms in total. The van der Waals surface area contributed by atoms with E-state index in [1.807, 2.05) is 0 Å². The summed E-state index contributed by atoms with van der Waals surface area (Å²) in [6.45, 7) is 7.85. The average Bonchev–Trinajstić information content (AvgIpc) is 2.46. The van der Waals surface area contributed by atoms with Crippen LogP contribution in [0.25, 0.3) is 0 Å². The Hall–Kier alpha value is -1.60. The van der Waals surface area contributed by atoms with Gasteiger partial charge in [0.15, 0.2) is 0 Å². The van der Waals surface area contributed by atoms with Gasteiger partial charge in [-0.05, 0) is 41.1 Å². The Morgan fingerprint density at radius 3 is 2.14 bits per heavy atom. The average molecular weight is 279 g/mol. The van der Waals surface area contributed by atoms with E-state index in [9.17, 15) is 0 Å². The van der Waals surface area contributed by atoms with E-state index in [2.05, 4.69) is 81.2 Å². The first-order chi connectivity index (χ1) is 9.95. The van der Waals surface area contributed by atoms with Gasteiger partial charge in [-0.2, -0.15) is 0 Å². The molecule has 1 unspecified atom stereocenters. The number of benzene rings is 2. The molecule has 2 aromatic rings. The highest BCUT2D eigenvalue weighted by molar-refractivity contribution is 5.35. The van der Waals surface area contributed by atoms with Crippen molar-refractivity contribution in [3.8, 4) is 0 Å². The highest BCUT2D eigenvalue weighted by Crippen LogP contribution is 2.33. The molecule has 0 spiro atoms. The fourth-order valence-electron chi connectivity index (χ4n) is 3.23. The minimum Gasteiger partial charge on any atom is -0.295 e. The second-order valence-corrected chi connectivity index (χ2v) is 7.28. The molecule has 1 aliphatic heterocycles. The molecule has 3 rings (SSSR count). The maximum absolute atomic E-state index is 2.47. The van der Waals surface area contributed by atoms with Gasteiger partial charge in [-0.3, -0.25) is 4.90 Å². The molecule has 21 heavy (non-hydrogen) atoms. The molecule has 0 amide bonds. The van der Waals surface area contributed by atoms with Crippen molar-refractivity contribution in [3.05, 3.63) is 70.8 Å². The number of hydrogen-bond donors (Lipinski definition) is 0. The Morgan fingerprint density at radius 2 is 1.52 bits per heavy atom. The van der Waals surface area contributed by atoms with Crippen LogP contribution in [0, 0.1) is 0 Å². The second kappa shape index (κ2) is 5.31. The van der Waals surface area contributed by atoms with Crippen LogP contribution in [0.2, 0.25) is 0 Å². The van der Waals surface area contributed by atoms with Crippen LogP contribution in [0.1, 0.15) is 49.1 Å². The summed E-state index contributed by atoms with van der Waals surface area (Å²) in [5, 5.41) is 0. The zero-order valence-corrected chi connectivity index (χ0v) is 13.6. The Kier molecular flexibility index (Phi) is 3.62. The van der Waals surface area contributed by atoms with E-state index in [0.29, 0.717) is 6.04 Å². The predicted octanol–water partition coefficient (Wildman–Crippen LogP) is 4.71. The van der Waals surface area contributed by atoms with Gasteiger partial charge < -0.3 is 0 Å². The van der Waals surface area contributed by atoms with Gasteiger partial charge in [0.2, 0.25) is 0 Å². The molecule has 1 atom stereocenters. The van der Waals surface area contributed by atoms with Gasteiger partial charge in [-0.1, -0.05) is 69.3 Å². The van der Waals surface area contributed by atoms with Crippen LogP contribution < -0.4 is 0 Å². The van der Waals surface area contributed by atoms with Gasteiger partial charge in [0.25, 0.3) is 0 Å². The zero-order valence-electron chi connectivity index (χ0n) is 13.6. The molecule has 2 aromatic carbocycles. The molecule has 0 aromatic heterocycles. The Morgan fingerprint density at radius 1 is 0.905 bits per heavy atom. The molecule has 0 radical (unpaired) electrons. The van der Waals surface area contributed by atoms with Gasteiger partial charge >= 0.3 is 0 Å². The van der Waals surface area contributed by atoms with Crippen molar-refractivity contribution in [1.82, 2.24) is 4.90 Å². The first-order valence-corrected chi connectivity index (χ1v) is 7.82. The molecule has 0 saturated heterocycles. The van der Waals surface area contributed by atoms with Crippen molar-refractivity contribution in [2.45, 2.75) is 45.2 Å². The number of fused-ring (bicyclic) bond motifs is 1. The monoisotopic (exact) mass is 279 g/mol. The summed E-state index contributed by atoms with van der Waals surface area (Å²) in [6, 6.07) is 18.5. The van der Waals surface area contributed by atoms with Crippen molar-refractivity contribution in [2.24, 2.45) is 0 Å². The lowest BCUT2D eigenvalue weighted by Crippen LogP contribution is -2.30. The zero-order chi connectivity index (χ0) is 15.0. The standard InChI is InChI=1S/C20H25N/c1-20(2,3)18-11-9-15(10-12-18)19-13-16-7-5-6-8-17(16)14-21(19)4/h5-12,19H,13-14H2,1-4H3. The maximum Gasteiger partial charge on any atom is 0.0389 e. The van der Waals surface area contributed by atoms with Crippen molar-refractivity contribution in [2.75, 3.05) is 7.05 Å². The first-order valence-electron chi connectivity index (χ1n) is 7.82. The normalized spacial score (nSPS) is 19.3. The molecular formula is C20H25N. The van der Waals surface area contributed by atoms with Crippen molar-refractivity contribution in [1.29, 1.82) is 0 Å². The highest BCUT2D eigenvalue weighted by Gasteiger charge is 2.24. The van der Waals surface area contributed by atoms with Gasteiger partial charge in [-0.25, -0.2) is 0 Å². The summed E-state index contributed by atoms with van der Waals surface area (Å²) < 4.78 is 0. The highest BCUT2D eigenvalue weighted by atomic mass is 15.1. The predicted molar refractivity (Wildman–Crippen MR) is 89.5 cm³/mol. The van der Waals surface area contributed by atoms with Crippen LogP contribution in [0.5, 0.6) is 0 Å². The number of nitrogens with zero attached hydrogens (tertiary/aromatic N) is 1. The summed E-state index contributed by atoms with van der Waals surface area (Å²) >= 11 is 0. The van der Waals surface area contributed by atoms with Gasteiger partial charge in [0.1, 0.15) is 0 Å². The van der Waals surface area contributed by atoms with Crippen LogP contribution >= 0.6 is 0 Å². The lowest BCUT2D eigenvalue weighted by molar-refractivity contribution is 0.218. The van der Waals surface area contributed by atoms with Crippen LogP contribution in [-0.4, -0.2) is 11.9 Å². The third-order valence-corrected chi connectivity index (χ3v) is 4.64. The van der Waals surface area contributed by atoms with Gasteiger partial charge in [-0.15, -0.1) is 0 Å². The Labute approximate surface area is 128 Å². The topological polar surface area (TPSA) is 3.24 Å². The van der Waals surface area contributed by atoms with E-state index in [0.717, 1.165) is 13.0 Å². The summed E-state index contributed by atoms with van der Waals surface area (Å²) in [7, 11) is 2.23. The van der Waals surface area contributed by atoms with E-state index >= 15 is 0 Å². The third kappa shape index (κ3) is 2.89. The molecule has 1 aliphatic rings. The van der Waals surface area contributed by atoms with Crippen LogP contribution in [0.4, 0.5) is 0 Å². The lowest BCUT2D eigenvalue weighted by Gasteiger charge is -2.34.